The predicted octanol–water partition coefficient (Wildman–Crippen LogP) is 9.77. The van der Waals surface area contributed by atoms with E-state index in [4.69, 9.17) is 15.0 Å². The Morgan fingerprint density at radius 3 is 0.974 bits per heavy atom. The van der Waals surface area contributed by atoms with Crippen LogP contribution in [0.3, 0.4) is 0 Å². The van der Waals surface area contributed by atoms with Crippen molar-refractivity contribution in [2.24, 2.45) is 9.98 Å². The highest BCUT2D eigenvalue weighted by Crippen LogP contribution is 2.40. The topological polar surface area (TPSA) is 37.6 Å². The van der Waals surface area contributed by atoms with Crippen LogP contribution in [0.2, 0.25) is 0 Å². The fraction of sp³-hybridized carbons (Fsp3) is 0.457. The average Bonchev–Trinajstić information content (AvgIpc) is 2.79. The molecule has 0 saturated heterocycles. The number of hydrogen-bond donors (Lipinski definition) is 0. The number of para-hydroxylation sites is 2. The molecule has 0 aliphatic rings. The smallest absolute Gasteiger partial charge is 0.0820 e. The van der Waals surface area contributed by atoms with Crippen LogP contribution >= 0.6 is 0 Å². The van der Waals surface area contributed by atoms with Crippen LogP contribution in [0.4, 0.5) is 11.4 Å². The maximum absolute atomic E-state index is 5.03. The van der Waals surface area contributed by atoms with E-state index in [1.165, 1.54) is 22.3 Å². The minimum atomic E-state index is -0.0128. The standard InChI is InChI=1S/C35H47N3/c1-32(2,3)26-18-14-19-27(33(4,5)6)30(26)36-22-24-16-13-17-25(38-24)23-37-31-28(34(7,8)9)20-15-21-29(31)35(10,11)12/h13-23H,1-12H3. The minimum Gasteiger partial charge on any atom is -0.254 e. The van der Waals surface area contributed by atoms with Gasteiger partial charge in [0.25, 0.3) is 0 Å². The molecule has 0 saturated carbocycles. The van der Waals surface area contributed by atoms with Gasteiger partial charge in [-0.15, -0.1) is 0 Å². The zero-order valence-electron chi connectivity index (χ0n) is 25.7. The summed E-state index contributed by atoms with van der Waals surface area (Å²) in [5, 5.41) is 0. The van der Waals surface area contributed by atoms with Crippen molar-refractivity contribution in [2.75, 3.05) is 0 Å². The summed E-state index contributed by atoms with van der Waals surface area (Å²) in [7, 11) is 0. The fourth-order valence-electron chi connectivity index (χ4n) is 4.66. The second-order valence-electron chi connectivity index (χ2n) is 14.4. The lowest BCUT2D eigenvalue weighted by Gasteiger charge is -2.28. The average molecular weight is 510 g/mol. The van der Waals surface area contributed by atoms with E-state index in [1.807, 2.05) is 30.6 Å². The van der Waals surface area contributed by atoms with Crippen molar-refractivity contribution in [1.82, 2.24) is 4.98 Å². The molecule has 3 aromatic rings. The maximum atomic E-state index is 5.03. The molecular weight excluding hydrogens is 462 g/mol. The molecule has 1 aromatic heterocycles. The maximum Gasteiger partial charge on any atom is 0.0820 e. The Bertz CT molecular complexity index is 1170. The van der Waals surface area contributed by atoms with Gasteiger partial charge in [0.2, 0.25) is 0 Å². The van der Waals surface area contributed by atoms with Gasteiger partial charge in [-0.3, -0.25) is 9.98 Å². The first kappa shape index (κ1) is 29.5. The molecule has 0 aliphatic heterocycles. The molecule has 0 radical (unpaired) electrons. The second-order valence-corrected chi connectivity index (χ2v) is 14.4. The number of hydrogen-bond acceptors (Lipinski definition) is 3. The van der Waals surface area contributed by atoms with E-state index in [2.05, 4.69) is 119 Å². The molecule has 2 aromatic carbocycles. The van der Waals surface area contributed by atoms with Gasteiger partial charge in [-0.2, -0.15) is 0 Å². The monoisotopic (exact) mass is 509 g/mol. The third-order valence-electron chi connectivity index (χ3n) is 6.75. The molecule has 0 atom stereocenters. The van der Waals surface area contributed by atoms with E-state index in [9.17, 15) is 0 Å². The Kier molecular flexibility index (Phi) is 8.22. The van der Waals surface area contributed by atoms with Gasteiger partial charge in [0.1, 0.15) is 0 Å². The largest absolute Gasteiger partial charge is 0.254 e. The first-order valence-corrected chi connectivity index (χ1v) is 13.7. The number of aliphatic imine (C=N–C) groups is 2. The Balaban J connectivity index is 2.05. The molecular formula is C35H47N3. The zero-order valence-corrected chi connectivity index (χ0v) is 25.7. The van der Waals surface area contributed by atoms with Gasteiger partial charge in [-0.25, -0.2) is 4.98 Å². The number of nitrogens with zero attached hydrogens (tertiary/aromatic N) is 3. The van der Waals surface area contributed by atoms with Crippen molar-refractivity contribution in [1.29, 1.82) is 0 Å². The molecule has 0 bridgehead atoms. The quantitative estimate of drug-likeness (QED) is 0.322. The van der Waals surface area contributed by atoms with Crippen LogP contribution in [0, 0.1) is 0 Å². The summed E-state index contributed by atoms with van der Waals surface area (Å²) in [4.78, 5) is 14.9. The molecule has 0 aliphatic carbocycles. The van der Waals surface area contributed by atoms with E-state index >= 15 is 0 Å². The van der Waals surface area contributed by atoms with Crippen molar-refractivity contribution in [3.63, 3.8) is 0 Å². The van der Waals surface area contributed by atoms with Gasteiger partial charge in [0, 0.05) is 0 Å². The summed E-state index contributed by atoms with van der Waals surface area (Å²) in [6.07, 6.45) is 3.78. The van der Waals surface area contributed by atoms with Crippen molar-refractivity contribution in [3.8, 4) is 0 Å². The molecule has 3 rings (SSSR count). The lowest BCUT2D eigenvalue weighted by Crippen LogP contribution is -2.17. The van der Waals surface area contributed by atoms with Gasteiger partial charge in [0.05, 0.1) is 35.2 Å². The summed E-state index contributed by atoms with van der Waals surface area (Å²) in [5.74, 6) is 0. The lowest BCUT2D eigenvalue weighted by atomic mass is 9.79. The summed E-state index contributed by atoms with van der Waals surface area (Å²) in [6.45, 7) is 26.9. The van der Waals surface area contributed by atoms with Crippen LogP contribution in [0.25, 0.3) is 0 Å². The van der Waals surface area contributed by atoms with Crippen LogP contribution in [0.1, 0.15) is 117 Å². The fourth-order valence-corrected chi connectivity index (χ4v) is 4.66. The highest BCUT2D eigenvalue weighted by atomic mass is 14.8. The molecule has 0 fully saturated rings. The number of benzene rings is 2. The molecule has 1 heterocycles. The SMILES string of the molecule is CC(C)(C)c1cccc(C(C)(C)C)c1N=Cc1cccc(C=Nc2c(C(C)(C)C)cccc2C(C)(C)C)n1. The Labute approximate surface area is 231 Å². The Morgan fingerprint density at radius 1 is 0.447 bits per heavy atom. The highest BCUT2D eigenvalue weighted by Gasteiger charge is 2.26. The van der Waals surface area contributed by atoms with Crippen molar-refractivity contribution in [3.05, 3.63) is 88.2 Å². The van der Waals surface area contributed by atoms with Crippen LogP contribution in [0.5, 0.6) is 0 Å². The van der Waals surface area contributed by atoms with Gasteiger partial charge < -0.3 is 0 Å². The number of aromatic nitrogens is 1. The first-order chi connectivity index (χ1) is 17.4. The molecule has 0 unspecified atom stereocenters. The van der Waals surface area contributed by atoms with Crippen molar-refractivity contribution in [2.45, 2.75) is 105 Å². The van der Waals surface area contributed by atoms with Crippen LogP contribution in [-0.2, 0) is 21.7 Å². The van der Waals surface area contributed by atoms with E-state index in [0.717, 1.165) is 22.8 Å². The van der Waals surface area contributed by atoms with Gasteiger partial charge >= 0.3 is 0 Å². The minimum absolute atomic E-state index is 0.0128. The Hall–Kier alpha value is -3.07. The molecule has 3 nitrogen and oxygen atoms in total. The Morgan fingerprint density at radius 2 is 0.711 bits per heavy atom. The highest BCUT2D eigenvalue weighted by molar-refractivity contribution is 5.85. The summed E-state index contributed by atoms with van der Waals surface area (Å²) in [6, 6.07) is 19.1. The van der Waals surface area contributed by atoms with Gasteiger partial charge in [-0.1, -0.05) is 126 Å². The predicted molar refractivity (Wildman–Crippen MR) is 166 cm³/mol. The molecule has 0 spiro atoms. The summed E-state index contributed by atoms with van der Waals surface area (Å²) >= 11 is 0. The zero-order chi connectivity index (χ0) is 28.5. The van der Waals surface area contributed by atoms with Gasteiger partial charge in [0.15, 0.2) is 0 Å². The van der Waals surface area contributed by atoms with Crippen LogP contribution < -0.4 is 0 Å². The van der Waals surface area contributed by atoms with Crippen LogP contribution in [-0.4, -0.2) is 17.4 Å². The van der Waals surface area contributed by atoms with Crippen molar-refractivity contribution >= 4 is 23.8 Å². The number of rotatable bonds is 4. The second kappa shape index (κ2) is 10.6. The molecule has 38 heavy (non-hydrogen) atoms. The molecule has 0 N–H and O–H groups in total. The third-order valence-corrected chi connectivity index (χ3v) is 6.75. The van der Waals surface area contributed by atoms with Crippen molar-refractivity contribution < 1.29 is 0 Å². The normalized spacial score (nSPS) is 13.6. The molecule has 202 valence electrons. The van der Waals surface area contributed by atoms with Crippen LogP contribution in [0.15, 0.2) is 64.6 Å². The first-order valence-electron chi connectivity index (χ1n) is 13.7. The molecule has 3 heteroatoms. The van der Waals surface area contributed by atoms with E-state index in [0.29, 0.717) is 0 Å². The van der Waals surface area contributed by atoms with E-state index in [-0.39, 0.29) is 21.7 Å². The summed E-state index contributed by atoms with van der Waals surface area (Å²) in [5.41, 5.74) is 8.64. The molecule has 0 amide bonds. The van der Waals surface area contributed by atoms with E-state index in [1.54, 1.807) is 0 Å². The lowest BCUT2D eigenvalue weighted by molar-refractivity contribution is 0.570. The third kappa shape index (κ3) is 7.07. The van der Waals surface area contributed by atoms with Gasteiger partial charge in [-0.05, 0) is 56.0 Å². The van der Waals surface area contributed by atoms with E-state index < -0.39 is 0 Å². The summed E-state index contributed by atoms with van der Waals surface area (Å²) < 4.78 is 0. The number of pyridine rings is 1.